The molecule has 0 amide bonds. The number of rotatable bonds is 5. The van der Waals surface area contributed by atoms with E-state index in [1.54, 1.807) is 0 Å². The van der Waals surface area contributed by atoms with Crippen LogP contribution in [0.15, 0.2) is 0 Å². The maximum absolute atomic E-state index is 5.59. The number of hydrogen-bond acceptors (Lipinski definition) is 2. The van der Waals surface area contributed by atoms with Gasteiger partial charge in [0.25, 0.3) is 0 Å². The highest BCUT2D eigenvalue weighted by molar-refractivity contribution is 4.83. The van der Waals surface area contributed by atoms with E-state index in [2.05, 4.69) is 46.9 Å². The minimum Gasteiger partial charge on any atom is -0.330 e. The van der Waals surface area contributed by atoms with Crippen LogP contribution in [0.1, 0.15) is 48.0 Å². The molecule has 0 fully saturated rings. The fraction of sp³-hybridized carbons (Fsp3) is 1.00. The van der Waals surface area contributed by atoms with Gasteiger partial charge < -0.3 is 11.1 Å². The lowest BCUT2D eigenvalue weighted by Crippen LogP contribution is -2.45. The summed E-state index contributed by atoms with van der Waals surface area (Å²) < 4.78 is 0. The molecule has 2 heteroatoms. The average Bonchev–Trinajstić information content (AvgIpc) is 1.96. The third kappa shape index (κ3) is 7.34. The van der Waals surface area contributed by atoms with Crippen molar-refractivity contribution >= 4 is 0 Å². The topological polar surface area (TPSA) is 38.0 Å². The van der Waals surface area contributed by atoms with E-state index in [0.717, 1.165) is 13.1 Å². The molecule has 0 aromatic heterocycles. The van der Waals surface area contributed by atoms with Crippen LogP contribution in [0.3, 0.4) is 0 Å². The van der Waals surface area contributed by atoms with Crippen molar-refractivity contribution < 1.29 is 0 Å². The van der Waals surface area contributed by atoms with Gasteiger partial charge in [0.2, 0.25) is 0 Å². The highest BCUT2D eigenvalue weighted by atomic mass is 15.0. The molecular weight excluding hydrogens is 172 g/mol. The quantitative estimate of drug-likeness (QED) is 0.715. The van der Waals surface area contributed by atoms with E-state index in [1.807, 2.05) is 0 Å². The summed E-state index contributed by atoms with van der Waals surface area (Å²) in [4.78, 5) is 0. The summed E-state index contributed by atoms with van der Waals surface area (Å²) >= 11 is 0. The van der Waals surface area contributed by atoms with Gasteiger partial charge in [0.1, 0.15) is 0 Å². The molecule has 1 atom stereocenters. The smallest absolute Gasteiger partial charge is 0.0130 e. The SMILES string of the molecule is CC(CN)CNC(C)(C)CC(C)(C)C. The molecule has 0 aliphatic rings. The zero-order valence-corrected chi connectivity index (χ0v) is 10.8. The minimum atomic E-state index is 0.210. The van der Waals surface area contributed by atoms with Crippen LogP contribution < -0.4 is 11.1 Å². The fourth-order valence-electron chi connectivity index (χ4n) is 1.92. The third-order valence-corrected chi connectivity index (χ3v) is 2.30. The molecule has 0 saturated carbocycles. The van der Waals surface area contributed by atoms with Crippen molar-refractivity contribution in [3.8, 4) is 0 Å². The molecule has 0 aliphatic heterocycles. The summed E-state index contributed by atoms with van der Waals surface area (Å²) in [5.41, 5.74) is 6.18. The molecule has 86 valence electrons. The molecule has 0 aromatic rings. The molecule has 14 heavy (non-hydrogen) atoms. The Morgan fingerprint density at radius 2 is 1.64 bits per heavy atom. The van der Waals surface area contributed by atoms with E-state index in [-0.39, 0.29) is 5.54 Å². The Morgan fingerprint density at radius 3 is 2.00 bits per heavy atom. The molecule has 0 bridgehead atoms. The first kappa shape index (κ1) is 13.9. The Morgan fingerprint density at radius 1 is 1.14 bits per heavy atom. The summed E-state index contributed by atoms with van der Waals surface area (Å²) in [5.74, 6) is 0.564. The largest absolute Gasteiger partial charge is 0.330 e. The van der Waals surface area contributed by atoms with Crippen molar-refractivity contribution in [2.24, 2.45) is 17.1 Å². The highest BCUT2D eigenvalue weighted by Crippen LogP contribution is 2.26. The molecule has 0 saturated heterocycles. The van der Waals surface area contributed by atoms with Gasteiger partial charge in [-0.3, -0.25) is 0 Å². The van der Waals surface area contributed by atoms with Crippen molar-refractivity contribution in [2.45, 2.75) is 53.5 Å². The van der Waals surface area contributed by atoms with Gasteiger partial charge in [0, 0.05) is 5.54 Å². The molecule has 0 rings (SSSR count). The predicted octanol–water partition coefficient (Wildman–Crippen LogP) is 2.39. The van der Waals surface area contributed by atoms with Gasteiger partial charge in [0.05, 0.1) is 0 Å². The van der Waals surface area contributed by atoms with Gasteiger partial charge in [-0.05, 0) is 44.7 Å². The maximum atomic E-state index is 5.59. The van der Waals surface area contributed by atoms with Crippen molar-refractivity contribution in [2.75, 3.05) is 13.1 Å². The lowest BCUT2D eigenvalue weighted by Gasteiger charge is -2.34. The second-order valence-electron chi connectivity index (χ2n) is 6.34. The van der Waals surface area contributed by atoms with Gasteiger partial charge in [-0.2, -0.15) is 0 Å². The zero-order chi connectivity index (χ0) is 11.4. The van der Waals surface area contributed by atoms with Crippen molar-refractivity contribution in [3.63, 3.8) is 0 Å². The van der Waals surface area contributed by atoms with E-state index < -0.39 is 0 Å². The van der Waals surface area contributed by atoms with E-state index in [4.69, 9.17) is 5.73 Å². The first-order valence-electron chi connectivity index (χ1n) is 5.61. The van der Waals surface area contributed by atoms with Gasteiger partial charge >= 0.3 is 0 Å². The van der Waals surface area contributed by atoms with Gasteiger partial charge in [-0.15, -0.1) is 0 Å². The van der Waals surface area contributed by atoms with E-state index >= 15 is 0 Å². The molecule has 1 unspecified atom stereocenters. The lowest BCUT2D eigenvalue weighted by atomic mass is 9.81. The summed E-state index contributed by atoms with van der Waals surface area (Å²) in [6.45, 7) is 15.3. The van der Waals surface area contributed by atoms with E-state index in [0.29, 0.717) is 11.3 Å². The van der Waals surface area contributed by atoms with Crippen LogP contribution in [0, 0.1) is 11.3 Å². The fourth-order valence-corrected chi connectivity index (χ4v) is 1.92. The molecular formula is C12H28N2. The van der Waals surface area contributed by atoms with Crippen molar-refractivity contribution in [1.29, 1.82) is 0 Å². The summed E-state index contributed by atoms with van der Waals surface area (Å²) in [5, 5.41) is 3.59. The van der Waals surface area contributed by atoms with E-state index in [9.17, 15) is 0 Å². The van der Waals surface area contributed by atoms with Crippen LogP contribution in [0.25, 0.3) is 0 Å². The first-order chi connectivity index (χ1) is 6.16. The Balaban J connectivity index is 3.95. The molecule has 0 aromatic carbocycles. The van der Waals surface area contributed by atoms with Crippen LogP contribution in [0.4, 0.5) is 0 Å². The van der Waals surface area contributed by atoms with Gasteiger partial charge in [0.15, 0.2) is 0 Å². The van der Waals surface area contributed by atoms with Crippen LogP contribution >= 0.6 is 0 Å². The van der Waals surface area contributed by atoms with Gasteiger partial charge in [-0.25, -0.2) is 0 Å². The second kappa shape index (κ2) is 5.13. The molecule has 0 spiro atoms. The number of nitrogens with one attached hydrogen (secondary N) is 1. The monoisotopic (exact) mass is 200 g/mol. The number of hydrogen-bond donors (Lipinski definition) is 2. The second-order valence-corrected chi connectivity index (χ2v) is 6.34. The molecule has 3 N–H and O–H groups in total. The lowest BCUT2D eigenvalue weighted by molar-refractivity contribution is 0.235. The Bertz CT molecular complexity index is 156. The summed E-state index contributed by atoms with van der Waals surface area (Å²) in [7, 11) is 0. The normalized spacial score (nSPS) is 15.6. The summed E-state index contributed by atoms with van der Waals surface area (Å²) in [6, 6.07) is 0. The minimum absolute atomic E-state index is 0.210. The van der Waals surface area contributed by atoms with E-state index in [1.165, 1.54) is 6.42 Å². The van der Waals surface area contributed by atoms with Crippen LogP contribution in [0.2, 0.25) is 0 Å². The molecule has 0 heterocycles. The zero-order valence-electron chi connectivity index (χ0n) is 10.8. The van der Waals surface area contributed by atoms with Crippen molar-refractivity contribution in [1.82, 2.24) is 5.32 Å². The van der Waals surface area contributed by atoms with Crippen LogP contribution in [0.5, 0.6) is 0 Å². The third-order valence-electron chi connectivity index (χ3n) is 2.30. The van der Waals surface area contributed by atoms with Crippen LogP contribution in [-0.2, 0) is 0 Å². The Labute approximate surface area is 89.6 Å². The predicted molar refractivity (Wildman–Crippen MR) is 64.4 cm³/mol. The Hall–Kier alpha value is -0.0800. The first-order valence-corrected chi connectivity index (χ1v) is 5.61. The van der Waals surface area contributed by atoms with Gasteiger partial charge in [-0.1, -0.05) is 27.7 Å². The maximum Gasteiger partial charge on any atom is 0.0130 e. The standard InChI is InChI=1S/C12H28N2/c1-10(7-13)8-14-12(5,6)9-11(2,3)4/h10,14H,7-9,13H2,1-6H3. The number of nitrogens with two attached hydrogens (primary N) is 1. The summed E-state index contributed by atoms with van der Waals surface area (Å²) in [6.07, 6.45) is 1.18. The Kier molecular flexibility index (Phi) is 5.10. The molecule has 0 aliphatic carbocycles. The molecule has 0 radical (unpaired) electrons. The average molecular weight is 200 g/mol. The van der Waals surface area contributed by atoms with Crippen molar-refractivity contribution in [3.05, 3.63) is 0 Å². The highest BCUT2D eigenvalue weighted by Gasteiger charge is 2.24. The molecule has 2 nitrogen and oxygen atoms in total. The van der Waals surface area contributed by atoms with Crippen LogP contribution in [-0.4, -0.2) is 18.6 Å².